The molecule has 0 spiro atoms. The first-order chi connectivity index (χ1) is 19.2. The summed E-state index contributed by atoms with van der Waals surface area (Å²) < 4.78 is 11.0. The molecule has 0 aromatic heterocycles. The van der Waals surface area contributed by atoms with Crippen LogP contribution in [0.4, 0.5) is 4.79 Å². The van der Waals surface area contributed by atoms with E-state index in [-0.39, 0.29) is 51.3 Å². The van der Waals surface area contributed by atoms with Crippen LogP contribution in [0.25, 0.3) is 0 Å². The lowest BCUT2D eigenvalue weighted by Crippen LogP contribution is -2.52. The van der Waals surface area contributed by atoms with Crippen molar-refractivity contribution in [2.45, 2.75) is 51.0 Å². The third kappa shape index (κ3) is 6.49. The van der Waals surface area contributed by atoms with Crippen LogP contribution in [0.15, 0.2) is 18.2 Å². The molecular formula is C28H40N4O8. The van der Waals surface area contributed by atoms with Gasteiger partial charge in [-0.25, -0.2) is 4.79 Å². The van der Waals surface area contributed by atoms with Crippen molar-refractivity contribution < 1.29 is 38.9 Å². The van der Waals surface area contributed by atoms with Crippen molar-refractivity contribution in [1.82, 2.24) is 19.6 Å². The van der Waals surface area contributed by atoms with Crippen LogP contribution in [0.1, 0.15) is 50.5 Å². The number of fused-ring (bicyclic) bond motifs is 1. The van der Waals surface area contributed by atoms with E-state index in [9.17, 15) is 29.4 Å². The van der Waals surface area contributed by atoms with E-state index in [0.29, 0.717) is 44.0 Å². The number of rotatable bonds is 13. The van der Waals surface area contributed by atoms with Gasteiger partial charge in [-0.3, -0.25) is 24.2 Å². The topological polar surface area (TPSA) is 140 Å². The number of hydrogen-bond acceptors (Lipinski definition) is 8. The van der Waals surface area contributed by atoms with Gasteiger partial charge >= 0.3 is 12.0 Å². The van der Waals surface area contributed by atoms with Crippen molar-refractivity contribution in [3.05, 3.63) is 23.8 Å². The highest BCUT2D eigenvalue weighted by atomic mass is 16.7. The third-order valence-corrected chi connectivity index (χ3v) is 8.14. The highest BCUT2D eigenvalue weighted by Crippen LogP contribution is 2.42. The van der Waals surface area contributed by atoms with Gasteiger partial charge in [-0.15, -0.1) is 0 Å². The van der Waals surface area contributed by atoms with E-state index in [1.807, 2.05) is 24.0 Å². The van der Waals surface area contributed by atoms with Crippen molar-refractivity contribution in [1.29, 1.82) is 0 Å². The Kier molecular flexibility index (Phi) is 9.85. The Labute approximate surface area is 234 Å². The van der Waals surface area contributed by atoms with Crippen LogP contribution in [0.5, 0.6) is 11.5 Å². The minimum Gasteiger partial charge on any atom is -0.481 e. The number of carboxylic acid groups (broad SMARTS) is 1. The second-order valence-electron chi connectivity index (χ2n) is 10.7. The summed E-state index contributed by atoms with van der Waals surface area (Å²) in [4.78, 5) is 57.2. The van der Waals surface area contributed by atoms with Gasteiger partial charge in [0.25, 0.3) is 0 Å². The van der Waals surface area contributed by atoms with Crippen LogP contribution >= 0.6 is 0 Å². The largest absolute Gasteiger partial charge is 0.481 e. The monoisotopic (exact) mass is 560 g/mol. The maximum absolute atomic E-state index is 13.5. The molecule has 3 aliphatic rings. The zero-order valence-electron chi connectivity index (χ0n) is 23.3. The average molecular weight is 561 g/mol. The van der Waals surface area contributed by atoms with Gasteiger partial charge < -0.3 is 29.5 Å². The summed E-state index contributed by atoms with van der Waals surface area (Å²) in [7, 11) is 1.45. The Morgan fingerprint density at radius 3 is 2.60 bits per heavy atom. The van der Waals surface area contributed by atoms with Gasteiger partial charge in [0.1, 0.15) is 0 Å². The fraction of sp³-hybridized carbons (Fsp3) is 0.643. The maximum atomic E-state index is 13.5. The SMILES string of the molecule is CCCCN(CCCO)C(=O)CN1C[C@H](c2ccc3c(c2)OCO3)C(C(=O)O)[C@@H]1CCN1CCC(=O)N(C)C1=O. The number of likely N-dealkylation sites (tertiary alicyclic amines) is 1. The number of carboxylic acids is 1. The normalized spacial score (nSPS) is 22.7. The number of aliphatic carboxylic acids is 1. The molecule has 12 heteroatoms. The van der Waals surface area contributed by atoms with E-state index < -0.39 is 29.9 Å². The molecule has 1 aromatic carbocycles. The molecule has 0 saturated carbocycles. The summed E-state index contributed by atoms with van der Waals surface area (Å²) in [6, 6.07) is 4.53. The van der Waals surface area contributed by atoms with Crippen LogP contribution in [-0.4, -0.2) is 119 Å². The molecule has 1 unspecified atom stereocenters. The molecule has 1 aromatic rings. The Morgan fingerprint density at radius 1 is 1.12 bits per heavy atom. The first kappa shape index (κ1) is 29.6. The summed E-state index contributed by atoms with van der Waals surface area (Å²) in [5, 5.41) is 19.8. The average Bonchev–Trinajstić information content (AvgIpc) is 3.55. The highest BCUT2D eigenvalue weighted by Gasteiger charge is 2.47. The number of unbranched alkanes of at least 4 members (excludes halogenated alkanes) is 1. The number of hydrogen-bond donors (Lipinski definition) is 2. The van der Waals surface area contributed by atoms with Gasteiger partial charge in [0.2, 0.25) is 18.6 Å². The predicted molar refractivity (Wildman–Crippen MR) is 144 cm³/mol. The molecule has 40 heavy (non-hydrogen) atoms. The number of nitrogens with zero attached hydrogens (tertiary/aromatic N) is 4. The molecule has 2 fully saturated rings. The molecule has 3 aliphatic heterocycles. The Bertz CT molecular complexity index is 1090. The van der Waals surface area contributed by atoms with Crippen molar-refractivity contribution in [3.8, 4) is 11.5 Å². The number of amides is 4. The first-order valence-corrected chi connectivity index (χ1v) is 14.1. The molecule has 4 rings (SSSR count). The Balaban J connectivity index is 1.58. The van der Waals surface area contributed by atoms with Crippen LogP contribution in [-0.2, 0) is 14.4 Å². The molecule has 2 saturated heterocycles. The van der Waals surface area contributed by atoms with Crippen molar-refractivity contribution >= 4 is 23.8 Å². The maximum Gasteiger partial charge on any atom is 0.326 e. The quantitative estimate of drug-likeness (QED) is 0.368. The fourth-order valence-electron chi connectivity index (χ4n) is 5.89. The Morgan fingerprint density at radius 2 is 1.88 bits per heavy atom. The molecule has 4 amide bonds. The van der Waals surface area contributed by atoms with Crippen molar-refractivity contribution in [3.63, 3.8) is 0 Å². The summed E-state index contributed by atoms with van der Waals surface area (Å²) in [5.41, 5.74) is 0.791. The third-order valence-electron chi connectivity index (χ3n) is 8.14. The molecule has 3 heterocycles. The highest BCUT2D eigenvalue weighted by molar-refractivity contribution is 5.96. The summed E-state index contributed by atoms with van der Waals surface area (Å²) >= 11 is 0. The number of urea groups is 1. The number of aliphatic hydroxyl groups excluding tert-OH is 1. The standard InChI is InChI=1S/C28H40N4O8/c1-3-4-10-30(11-5-14-33)25(35)17-32-16-20(19-6-7-22-23(15-19)40-18-39-22)26(27(36)37)21(32)8-12-31-13-9-24(34)29(2)28(31)38/h6-7,15,20-21,26,33H,3-5,8-14,16-18H2,1-2H3,(H,36,37)/t20-,21+,26?/m1/s1. The number of aliphatic hydroxyl groups is 1. The Hall–Kier alpha value is -3.38. The fourth-order valence-corrected chi connectivity index (χ4v) is 5.89. The van der Waals surface area contributed by atoms with Crippen LogP contribution in [0.3, 0.4) is 0 Å². The van der Waals surface area contributed by atoms with E-state index in [1.54, 1.807) is 15.9 Å². The van der Waals surface area contributed by atoms with Crippen molar-refractivity contribution in [2.75, 3.05) is 59.7 Å². The summed E-state index contributed by atoms with van der Waals surface area (Å²) in [5.74, 6) is -1.38. The number of carbonyl (C=O) groups is 4. The van der Waals surface area contributed by atoms with Gasteiger partial charge in [0.05, 0.1) is 12.5 Å². The van der Waals surface area contributed by atoms with Gasteiger partial charge in [0.15, 0.2) is 11.5 Å². The van der Waals surface area contributed by atoms with E-state index in [4.69, 9.17) is 9.47 Å². The van der Waals surface area contributed by atoms with Crippen LogP contribution in [0.2, 0.25) is 0 Å². The summed E-state index contributed by atoms with van der Waals surface area (Å²) in [6.07, 6.45) is 2.78. The van der Waals surface area contributed by atoms with Crippen molar-refractivity contribution in [2.24, 2.45) is 5.92 Å². The molecule has 0 radical (unpaired) electrons. The predicted octanol–water partition coefficient (Wildman–Crippen LogP) is 1.57. The number of carbonyl (C=O) groups excluding carboxylic acids is 3. The van der Waals surface area contributed by atoms with Crippen LogP contribution < -0.4 is 9.47 Å². The molecule has 0 aliphatic carbocycles. The van der Waals surface area contributed by atoms with Gasteiger partial charge in [-0.05, 0) is 37.0 Å². The van der Waals surface area contributed by atoms with Crippen LogP contribution in [0, 0.1) is 5.92 Å². The summed E-state index contributed by atoms with van der Waals surface area (Å²) in [6.45, 7) is 4.09. The van der Waals surface area contributed by atoms with E-state index >= 15 is 0 Å². The van der Waals surface area contributed by atoms with E-state index in [2.05, 4.69) is 0 Å². The number of ether oxygens (including phenoxy) is 2. The lowest BCUT2D eigenvalue weighted by molar-refractivity contribution is -0.144. The van der Waals surface area contributed by atoms with Gasteiger partial charge in [-0.2, -0.15) is 0 Å². The molecule has 0 bridgehead atoms. The number of benzene rings is 1. The van der Waals surface area contributed by atoms with E-state index in [0.717, 1.165) is 23.3 Å². The van der Waals surface area contributed by atoms with Gasteiger partial charge in [-0.1, -0.05) is 19.4 Å². The second-order valence-corrected chi connectivity index (χ2v) is 10.7. The lowest BCUT2D eigenvalue weighted by atomic mass is 9.84. The zero-order chi connectivity index (χ0) is 28.8. The molecule has 220 valence electrons. The smallest absolute Gasteiger partial charge is 0.326 e. The lowest BCUT2D eigenvalue weighted by Gasteiger charge is -2.34. The van der Waals surface area contributed by atoms with Gasteiger partial charge in [0, 0.05) is 64.8 Å². The zero-order valence-corrected chi connectivity index (χ0v) is 23.3. The minimum absolute atomic E-state index is 0.0175. The second kappa shape index (κ2) is 13.3. The van der Waals surface area contributed by atoms with E-state index in [1.165, 1.54) is 7.05 Å². The molecule has 2 N–H and O–H groups in total. The minimum atomic E-state index is -0.969. The molecule has 3 atom stereocenters. The first-order valence-electron chi connectivity index (χ1n) is 14.1. The number of imide groups is 1. The molecule has 12 nitrogen and oxygen atoms in total. The molecular weight excluding hydrogens is 520 g/mol.